The van der Waals surface area contributed by atoms with Gasteiger partial charge >= 0.3 is 0 Å². The van der Waals surface area contributed by atoms with Gasteiger partial charge in [-0.3, -0.25) is 4.79 Å². The van der Waals surface area contributed by atoms with Crippen LogP contribution in [-0.2, 0) is 17.8 Å². The average molecular weight is 519 g/mol. The first kappa shape index (κ1) is 23.7. The zero-order valence-electron chi connectivity index (χ0n) is 20.2. The van der Waals surface area contributed by atoms with E-state index in [9.17, 15) is 4.79 Å². The minimum Gasteiger partial charge on any atom is -0.488 e. The topological polar surface area (TPSA) is 100 Å². The normalized spacial score (nSPS) is 17.1. The number of fused-ring (bicyclic) bond motifs is 1. The first-order chi connectivity index (χ1) is 18.7. The molecule has 0 aromatic heterocycles. The molecule has 38 heavy (non-hydrogen) atoms. The Morgan fingerprint density at radius 1 is 0.868 bits per heavy atom. The summed E-state index contributed by atoms with van der Waals surface area (Å²) >= 11 is 1.31. The van der Waals surface area contributed by atoms with E-state index in [1.165, 1.54) is 11.8 Å². The summed E-state index contributed by atoms with van der Waals surface area (Å²) in [5.74, 6) is 0.528. The van der Waals surface area contributed by atoms with Crippen LogP contribution in [-0.4, -0.2) is 17.2 Å². The number of ether oxygens (including phenoxy) is 1. The Morgan fingerprint density at radius 2 is 1.58 bits per heavy atom. The second-order valence-corrected chi connectivity index (χ2v) is 9.78. The van der Waals surface area contributed by atoms with Gasteiger partial charge in [0, 0.05) is 12.0 Å². The van der Waals surface area contributed by atoms with Crippen molar-refractivity contribution in [2.75, 3.05) is 0 Å². The molecule has 0 bridgehead atoms. The third kappa shape index (κ3) is 5.52. The van der Waals surface area contributed by atoms with E-state index in [-0.39, 0.29) is 12.1 Å². The Bertz CT molecular complexity index is 1600. The van der Waals surface area contributed by atoms with Crippen molar-refractivity contribution in [2.24, 2.45) is 25.7 Å². The van der Waals surface area contributed by atoms with Crippen molar-refractivity contribution in [3.63, 3.8) is 0 Å². The Morgan fingerprint density at radius 3 is 2.34 bits per heavy atom. The molecule has 186 valence electrons. The van der Waals surface area contributed by atoms with Crippen molar-refractivity contribution in [3.8, 4) is 5.75 Å². The van der Waals surface area contributed by atoms with Crippen LogP contribution in [0.2, 0.25) is 0 Å². The molecule has 4 aromatic rings. The summed E-state index contributed by atoms with van der Waals surface area (Å²) in [6.07, 6.45) is 2.23. The maximum absolute atomic E-state index is 12.8. The van der Waals surface area contributed by atoms with Gasteiger partial charge in [0.05, 0.1) is 10.6 Å². The van der Waals surface area contributed by atoms with Crippen LogP contribution in [0.4, 0.5) is 5.69 Å². The minimum atomic E-state index is -0.263. The molecule has 1 amide bonds. The number of carbonyl (C=O) groups is 1. The van der Waals surface area contributed by atoms with E-state index in [0.717, 1.165) is 38.9 Å². The minimum absolute atomic E-state index is 0.190. The monoisotopic (exact) mass is 518 g/mol. The fraction of sp³-hybridized carbons (Fsp3) is 0.103. The second kappa shape index (κ2) is 10.8. The van der Waals surface area contributed by atoms with Gasteiger partial charge in [0.15, 0.2) is 11.3 Å². The van der Waals surface area contributed by atoms with Crippen molar-refractivity contribution in [1.29, 1.82) is 0 Å². The molecule has 0 spiro atoms. The number of carbonyl (C=O) groups excluding carboxylic acids is 1. The lowest BCUT2D eigenvalue weighted by molar-refractivity contribution is -0.115. The molecule has 2 heterocycles. The van der Waals surface area contributed by atoms with Gasteiger partial charge in [-0.05, 0) is 74.4 Å². The van der Waals surface area contributed by atoms with E-state index >= 15 is 0 Å². The van der Waals surface area contributed by atoms with Gasteiger partial charge < -0.3 is 10.1 Å². The van der Waals surface area contributed by atoms with Crippen molar-refractivity contribution in [3.05, 3.63) is 113 Å². The molecule has 1 fully saturated rings. The van der Waals surface area contributed by atoms with E-state index in [2.05, 4.69) is 43.1 Å². The van der Waals surface area contributed by atoms with Crippen LogP contribution < -0.4 is 10.1 Å². The summed E-state index contributed by atoms with van der Waals surface area (Å²) in [4.78, 5) is 18.0. The highest BCUT2D eigenvalue weighted by atomic mass is 32.2. The molecule has 0 atom stereocenters. The zero-order valence-corrected chi connectivity index (χ0v) is 21.0. The molecule has 6 rings (SSSR count). The van der Waals surface area contributed by atoms with Crippen LogP contribution in [0.3, 0.4) is 0 Å². The molecule has 1 saturated heterocycles. The lowest BCUT2D eigenvalue weighted by Gasteiger charge is -2.12. The maximum atomic E-state index is 12.8. The van der Waals surface area contributed by atoms with Crippen LogP contribution in [0, 0.1) is 0 Å². The molecule has 0 radical (unpaired) electrons. The van der Waals surface area contributed by atoms with Crippen LogP contribution in [0.5, 0.6) is 5.75 Å². The molecular formula is C29H22N6O2S. The molecular weight excluding hydrogens is 496 g/mol. The predicted molar refractivity (Wildman–Crippen MR) is 149 cm³/mol. The molecule has 8 nitrogen and oxygen atoms in total. The number of hydrogen-bond donors (Lipinski definition) is 1. The van der Waals surface area contributed by atoms with Gasteiger partial charge in [0.2, 0.25) is 0 Å². The summed E-state index contributed by atoms with van der Waals surface area (Å²) in [6.45, 7) is 0.434. The standard InChI is InChI=1S/C29H22N6O2S/c36-28-26(38-29(31-28)30-24-12-10-19(11-13-24)14-27-32-34-35-33-27)17-23-15-21-8-4-5-9-22(21)16-25(23)37-18-20-6-2-1-3-7-20/h1-13,15-17,27H,14,18H2,(H,30,31,36)/b26-17+. The number of thioether (sulfide) groups is 1. The zero-order chi connectivity index (χ0) is 25.7. The summed E-state index contributed by atoms with van der Waals surface area (Å²) in [7, 11) is 0. The van der Waals surface area contributed by atoms with E-state index in [0.29, 0.717) is 23.1 Å². The first-order valence-corrected chi connectivity index (χ1v) is 12.9. The Labute approximate surface area is 223 Å². The van der Waals surface area contributed by atoms with Gasteiger partial charge in [-0.1, -0.05) is 66.7 Å². The third-order valence-corrected chi connectivity index (χ3v) is 6.96. The van der Waals surface area contributed by atoms with Crippen molar-refractivity contribution in [1.82, 2.24) is 5.32 Å². The number of amides is 1. The first-order valence-electron chi connectivity index (χ1n) is 12.1. The van der Waals surface area contributed by atoms with Gasteiger partial charge in [-0.2, -0.15) is 0 Å². The van der Waals surface area contributed by atoms with E-state index < -0.39 is 0 Å². The summed E-state index contributed by atoms with van der Waals surface area (Å²) in [5.41, 5.74) is 3.71. The van der Waals surface area contributed by atoms with Crippen molar-refractivity contribution in [2.45, 2.75) is 19.2 Å². The van der Waals surface area contributed by atoms with Gasteiger partial charge in [0.1, 0.15) is 12.4 Å². The summed E-state index contributed by atoms with van der Waals surface area (Å²) in [5, 5.41) is 20.5. The van der Waals surface area contributed by atoms with Crippen LogP contribution in [0.25, 0.3) is 16.8 Å². The third-order valence-electron chi connectivity index (χ3n) is 6.05. The smallest absolute Gasteiger partial charge is 0.264 e. The van der Waals surface area contributed by atoms with E-state index in [1.807, 2.05) is 84.9 Å². The molecule has 4 aromatic carbocycles. The van der Waals surface area contributed by atoms with Crippen LogP contribution in [0.15, 0.2) is 122 Å². The Balaban J connectivity index is 1.23. The van der Waals surface area contributed by atoms with Gasteiger partial charge in [0.25, 0.3) is 5.91 Å². The number of nitrogens with zero attached hydrogens (tertiary/aromatic N) is 5. The predicted octanol–water partition coefficient (Wildman–Crippen LogP) is 7.01. The van der Waals surface area contributed by atoms with E-state index in [1.54, 1.807) is 0 Å². The second-order valence-electron chi connectivity index (χ2n) is 8.75. The van der Waals surface area contributed by atoms with Crippen molar-refractivity contribution < 1.29 is 9.53 Å². The molecule has 1 N–H and O–H groups in total. The highest BCUT2D eigenvalue weighted by Gasteiger charge is 2.24. The largest absolute Gasteiger partial charge is 0.488 e. The molecule has 2 aliphatic heterocycles. The lowest BCUT2D eigenvalue weighted by Crippen LogP contribution is -2.19. The quantitative estimate of drug-likeness (QED) is 0.266. The SMILES string of the molecule is O=C1NC(=Nc2ccc(CC3N=NN=N3)cc2)S/C1=C/c1cc2ccccc2cc1OCc1ccccc1. The van der Waals surface area contributed by atoms with Crippen LogP contribution in [0.1, 0.15) is 16.7 Å². The van der Waals surface area contributed by atoms with Crippen LogP contribution >= 0.6 is 11.8 Å². The molecule has 0 aliphatic carbocycles. The average Bonchev–Trinajstić information content (AvgIpc) is 3.58. The lowest BCUT2D eigenvalue weighted by atomic mass is 10.1. The number of amidine groups is 1. The number of aliphatic imine (C=N–C) groups is 1. The van der Waals surface area contributed by atoms with E-state index in [4.69, 9.17) is 4.74 Å². The summed E-state index contributed by atoms with van der Waals surface area (Å²) < 4.78 is 6.22. The highest BCUT2D eigenvalue weighted by molar-refractivity contribution is 8.18. The molecule has 0 unspecified atom stereocenters. The number of nitrogens with one attached hydrogen (secondary N) is 1. The number of benzene rings is 4. The summed E-state index contributed by atoms with van der Waals surface area (Å²) in [6, 6.07) is 29.9. The number of hydrogen-bond acceptors (Lipinski definition) is 8. The van der Waals surface area contributed by atoms with Crippen molar-refractivity contribution >= 4 is 45.4 Å². The fourth-order valence-electron chi connectivity index (χ4n) is 4.14. The van der Waals surface area contributed by atoms with Gasteiger partial charge in [-0.15, -0.1) is 10.2 Å². The molecule has 9 heteroatoms. The number of rotatable bonds is 7. The fourth-order valence-corrected chi connectivity index (χ4v) is 4.97. The molecule has 0 saturated carbocycles. The Kier molecular flexibility index (Phi) is 6.73. The maximum Gasteiger partial charge on any atom is 0.264 e. The highest BCUT2D eigenvalue weighted by Crippen LogP contribution is 2.33. The Hall–Kier alpha value is -4.63. The molecule has 2 aliphatic rings. The van der Waals surface area contributed by atoms with Gasteiger partial charge in [-0.25, -0.2) is 4.99 Å².